The lowest BCUT2D eigenvalue weighted by molar-refractivity contribution is -0.137. The molecule has 19 heavy (non-hydrogen) atoms. The van der Waals surface area contributed by atoms with Crippen LogP contribution in [0.3, 0.4) is 0 Å². The summed E-state index contributed by atoms with van der Waals surface area (Å²) in [6.07, 6.45) is 5.85. The van der Waals surface area contributed by atoms with Crippen molar-refractivity contribution in [1.82, 2.24) is 4.90 Å². The molecule has 0 aromatic heterocycles. The van der Waals surface area contributed by atoms with E-state index >= 15 is 0 Å². The summed E-state index contributed by atoms with van der Waals surface area (Å²) >= 11 is 0. The Labute approximate surface area is 116 Å². The van der Waals surface area contributed by atoms with E-state index in [1.54, 1.807) is 0 Å². The third-order valence-corrected chi connectivity index (χ3v) is 3.94. The highest BCUT2D eigenvalue weighted by Crippen LogP contribution is 2.22. The molecule has 0 aromatic rings. The lowest BCUT2D eigenvalue weighted by Crippen LogP contribution is -2.40. The van der Waals surface area contributed by atoms with E-state index in [0.717, 1.165) is 38.8 Å². The van der Waals surface area contributed by atoms with Crippen molar-refractivity contribution >= 4 is 11.9 Å². The predicted molar refractivity (Wildman–Crippen MR) is 74.9 cm³/mol. The maximum absolute atomic E-state index is 12.2. The number of hydrogen-bond acceptors (Lipinski definition) is 2. The minimum absolute atomic E-state index is 0.221. The third-order valence-electron chi connectivity index (χ3n) is 3.94. The van der Waals surface area contributed by atoms with E-state index < -0.39 is 5.97 Å². The molecule has 1 fully saturated rings. The molecule has 1 aliphatic heterocycles. The molecule has 1 aliphatic rings. The van der Waals surface area contributed by atoms with Gasteiger partial charge in [-0.3, -0.25) is 9.59 Å². The zero-order valence-corrected chi connectivity index (χ0v) is 12.2. The van der Waals surface area contributed by atoms with Crippen molar-refractivity contribution in [3.63, 3.8) is 0 Å². The van der Waals surface area contributed by atoms with Crippen molar-refractivity contribution in [1.29, 1.82) is 0 Å². The quantitative estimate of drug-likeness (QED) is 0.773. The van der Waals surface area contributed by atoms with Gasteiger partial charge in [-0.2, -0.15) is 0 Å². The van der Waals surface area contributed by atoms with Crippen LogP contribution in [-0.2, 0) is 9.59 Å². The summed E-state index contributed by atoms with van der Waals surface area (Å²) in [6.45, 7) is 5.88. The first-order valence-corrected chi connectivity index (χ1v) is 7.52. The number of hydrogen-bond donors (Lipinski definition) is 1. The number of carboxylic acid groups (broad SMARTS) is 1. The molecule has 1 heterocycles. The maximum atomic E-state index is 12.2. The molecule has 0 aliphatic carbocycles. The monoisotopic (exact) mass is 269 g/mol. The van der Waals surface area contributed by atoms with E-state index in [4.69, 9.17) is 5.11 Å². The zero-order chi connectivity index (χ0) is 14.3. The summed E-state index contributed by atoms with van der Waals surface area (Å²) in [5, 5.41) is 8.72. The number of aliphatic carboxylic acids is 1. The average Bonchev–Trinajstić information content (AvgIpc) is 2.37. The topological polar surface area (TPSA) is 57.6 Å². The Morgan fingerprint density at radius 3 is 2.79 bits per heavy atom. The maximum Gasteiger partial charge on any atom is 0.303 e. The van der Waals surface area contributed by atoms with Crippen LogP contribution in [-0.4, -0.2) is 35.0 Å². The van der Waals surface area contributed by atoms with Crippen LogP contribution in [0.5, 0.6) is 0 Å². The van der Waals surface area contributed by atoms with Gasteiger partial charge in [0.05, 0.1) is 0 Å². The lowest BCUT2D eigenvalue weighted by Gasteiger charge is -2.33. The smallest absolute Gasteiger partial charge is 0.303 e. The number of amides is 1. The van der Waals surface area contributed by atoms with E-state index in [1.165, 1.54) is 0 Å². The number of piperidine rings is 1. The number of likely N-dealkylation sites (tertiary alicyclic amines) is 1. The lowest BCUT2D eigenvalue weighted by atomic mass is 9.92. The van der Waals surface area contributed by atoms with Gasteiger partial charge in [-0.1, -0.05) is 26.7 Å². The molecule has 0 saturated carbocycles. The molecule has 0 aromatic carbocycles. The SMILES string of the molecule is CCCC(C)CC(=O)N1CCCC(CCC(=O)O)C1. The molecule has 4 heteroatoms. The molecule has 1 N–H and O–H groups in total. The molecule has 110 valence electrons. The first-order valence-electron chi connectivity index (χ1n) is 7.52. The van der Waals surface area contributed by atoms with Crippen molar-refractivity contribution in [2.24, 2.45) is 11.8 Å². The van der Waals surface area contributed by atoms with E-state index in [1.807, 2.05) is 4.90 Å². The molecule has 1 saturated heterocycles. The van der Waals surface area contributed by atoms with Crippen molar-refractivity contribution < 1.29 is 14.7 Å². The highest BCUT2D eigenvalue weighted by molar-refractivity contribution is 5.76. The number of carboxylic acids is 1. The van der Waals surface area contributed by atoms with Crippen molar-refractivity contribution in [3.05, 3.63) is 0 Å². The van der Waals surface area contributed by atoms with Crippen LogP contribution >= 0.6 is 0 Å². The molecule has 0 bridgehead atoms. The number of rotatable bonds is 7. The third kappa shape index (κ3) is 6.08. The Morgan fingerprint density at radius 2 is 2.16 bits per heavy atom. The molecule has 4 nitrogen and oxygen atoms in total. The van der Waals surface area contributed by atoms with Gasteiger partial charge < -0.3 is 10.0 Å². The first-order chi connectivity index (χ1) is 9.02. The summed E-state index contributed by atoms with van der Waals surface area (Å²) in [5.74, 6) is 0.341. The van der Waals surface area contributed by atoms with Crippen LogP contribution in [0.15, 0.2) is 0 Å². The molecule has 0 spiro atoms. The fourth-order valence-electron chi connectivity index (χ4n) is 2.88. The second-order valence-corrected chi connectivity index (χ2v) is 5.88. The second-order valence-electron chi connectivity index (χ2n) is 5.88. The molecular weight excluding hydrogens is 242 g/mol. The Bertz CT molecular complexity index is 304. The zero-order valence-electron chi connectivity index (χ0n) is 12.2. The summed E-state index contributed by atoms with van der Waals surface area (Å²) < 4.78 is 0. The van der Waals surface area contributed by atoms with Crippen molar-refractivity contribution in [3.8, 4) is 0 Å². The number of nitrogens with zero attached hydrogens (tertiary/aromatic N) is 1. The van der Waals surface area contributed by atoms with Crippen LogP contribution < -0.4 is 0 Å². The highest BCUT2D eigenvalue weighted by atomic mass is 16.4. The van der Waals surface area contributed by atoms with Crippen LogP contribution in [0, 0.1) is 11.8 Å². The number of carbonyl (C=O) groups excluding carboxylic acids is 1. The average molecular weight is 269 g/mol. The minimum Gasteiger partial charge on any atom is -0.481 e. The fourth-order valence-corrected chi connectivity index (χ4v) is 2.88. The molecule has 0 radical (unpaired) electrons. The second kappa shape index (κ2) is 8.18. The summed E-state index contributed by atoms with van der Waals surface area (Å²) in [5.41, 5.74) is 0. The minimum atomic E-state index is -0.736. The largest absolute Gasteiger partial charge is 0.481 e. The fraction of sp³-hybridized carbons (Fsp3) is 0.867. The van der Waals surface area contributed by atoms with Gasteiger partial charge in [0, 0.05) is 25.9 Å². The van der Waals surface area contributed by atoms with Gasteiger partial charge in [-0.15, -0.1) is 0 Å². The van der Waals surface area contributed by atoms with Crippen LogP contribution in [0.1, 0.15) is 58.8 Å². The van der Waals surface area contributed by atoms with E-state index in [9.17, 15) is 9.59 Å². The summed E-state index contributed by atoms with van der Waals surface area (Å²) in [4.78, 5) is 24.7. The van der Waals surface area contributed by atoms with Gasteiger partial charge in [0.15, 0.2) is 0 Å². The van der Waals surface area contributed by atoms with Gasteiger partial charge in [0.1, 0.15) is 0 Å². The van der Waals surface area contributed by atoms with Gasteiger partial charge >= 0.3 is 5.97 Å². The molecule has 1 rings (SSSR count). The van der Waals surface area contributed by atoms with Crippen LogP contribution in [0.2, 0.25) is 0 Å². The Hall–Kier alpha value is -1.06. The standard InChI is InChI=1S/C15H27NO3/c1-3-5-12(2)10-14(17)16-9-4-6-13(11-16)7-8-15(18)19/h12-13H,3-11H2,1-2H3,(H,18,19). The molecular formula is C15H27NO3. The van der Waals surface area contributed by atoms with Crippen molar-refractivity contribution in [2.75, 3.05) is 13.1 Å². The molecule has 2 unspecified atom stereocenters. The Kier molecular flexibility index (Phi) is 6.89. The molecule has 1 amide bonds. The van der Waals surface area contributed by atoms with E-state index in [-0.39, 0.29) is 12.3 Å². The van der Waals surface area contributed by atoms with Gasteiger partial charge in [-0.05, 0) is 31.1 Å². The Balaban J connectivity index is 2.36. The summed E-state index contributed by atoms with van der Waals surface area (Å²) in [6, 6.07) is 0. The first kappa shape index (κ1) is 16.0. The van der Waals surface area contributed by atoms with E-state index in [2.05, 4.69) is 13.8 Å². The highest BCUT2D eigenvalue weighted by Gasteiger charge is 2.24. The Morgan fingerprint density at radius 1 is 1.42 bits per heavy atom. The van der Waals surface area contributed by atoms with Gasteiger partial charge in [-0.25, -0.2) is 0 Å². The molecule has 2 atom stereocenters. The van der Waals surface area contributed by atoms with E-state index in [0.29, 0.717) is 24.7 Å². The van der Waals surface area contributed by atoms with Gasteiger partial charge in [0.2, 0.25) is 5.91 Å². The number of carbonyl (C=O) groups is 2. The van der Waals surface area contributed by atoms with Crippen LogP contribution in [0.25, 0.3) is 0 Å². The van der Waals surface area contributed by atoms with Crippen molar-refractivity contribution in [2.45, 2.75) is 58.8 Å². The predicted octanol–water partition coefficient (Wildman–Crippen LogP) is 2.92. The normalized spacial score (nSPS) is 21.2. The summed E-state index contributed by atoms with van der Waals surface area (Å²) in [7, 11) is 0. The van der Waals surface area contributed by atoms with Crippen LogP contribution in [0.4, 0.5) is 0 Å². The van der Waals surface area contributed by atoms with Gasteiger partial charge in [0.25, 0.3) is 0 Å².